The lowest BCUT2D eigenvalue weighted by molar-refractivity contribution is 0.310. The smallest absolute Gasteiger partial charge is 0.169 e. The number of aryl methyl sites for hydroxylation is 2. The van der Waals surface area contributed by atoms with Gasteiger partial charge >= 0.3 is 0 Å². The third-order valence-electron chi connectivity index (χ3n) is 6.09. The third kappa shape index (κ3) is 4.30. The van der Waals surface area contributed by atoms with Crippen LogP contribution in [-0.2, 0) is 19.2 Å². The number of aromatic nitrogens is 1. The van der Waals surface area contributed by atoms with Crippen LogP contribution in [0.4, 0.5) is 0 Å². The van der Waals surface area contributed by atoms with E-state index in [4.69, 9.17) is 14.1 Å². The van der Waals surface area contributed by atoms with Crippen molar-refractivity contribution in [2.24, 2.45) is 0 Å². The lowest BCUT2D eigenvalue weighted by Crippen LogP contribution is -2.01. The van der Waals surface area contributed by atoms with E-state index in [1.54, 1.807) is 0 Å². The lowest BCUT2D eigenvalue weighted by atomic mass is 10.0. The van der Waals surface area contributed by atoms with Gasteiger partial charge in [-0.2, -0.15) is 0 Å². The normalized spacial score (nSPS) is 11.6. The Balaban J connectivity index is 1.69. The van der Waals surface area contributed by atoms with Gasteiger partial charge in [0.25, 0.3) is 0 Å². The predicted molar refractivity (Wildman–Crippen MR) is 137 cm³/mol. The van der Waals surface area contributed by atoms with Gasteiger partial charge in [0.15, 0.2) is 14.1 Å². The van der Waals surface area contributed by atoms with E-state index in [9.17, 15) is 9.79 Å². The lowest BCUT2D eigenvalue weighted by Gasteiger charge is -2.17. The fourth-order valence-corrected chi connectivity index (χ4v) is 4.95. The maximum absolute atomic E-state index is 9.96. The van der Waals surface area contributed by atoms with E-state index in [1.807, 2.05) is 79.7 Å². The van der Waals surface area contributed by atoms with Crippen molar-refractivity contribution in [3.63, 3.8) is 0 Å². The van der Waals surface area contributed by atoms with Crippen LogP contribution in [0.5, 0.6) is 5.75 Å². The molecule has 0 aliphatic carbocycles. The summed E-state index contributed by atoms with van der Waals surface area (Å²) in [4.78, 5) is 24.9. The summed E-state index contributed by atoms with van der Waals surface area (Å²) in [7, 11) is -2.15. The molecule has 0 radical (unpaired) electrons. The zero-order valence-electron chi connectivity index (χ0n) is 19.2. The summed E-state index contributed by atoms with van der Waals surface area (Å²) in [6.45, 7) is 4.53. The van der Waals surface area contributed by atoms with E-state index in [2.05, 4.69) is 6.92 Å². The first-order valence-corrected chi connectivity index (χ1v) is 12.7. The molecule has 0 aliphatic heterocycles. The largest absolute Gasteiger partial charge is 0.488 e. The van der Waals surface area contributed by atoms with Gasteiger partial charge in [-0.15, -0.1) is 0 Å². The number of nitrogens with zero attached hydrogens (tertiary/aromatic N) is 1. The molecule has 5 nitrogen and oxygen atoms in total. The van der Waals surface area contributed by atoms with Crippen LogP contribution < -0.4 is 4.74 Å². The molecule has 6 heteroatoms. The van der Waals surface area contributed by atoms with Crippen LogP contribution in [-0.4, -0.2) is 14.8 Å². The zero-order valence-corrected chi connectivity index (χ0v) is 20.0. The van der Waals surface area contributed by atoms with E-state index >= 15 is 0 Å². The van der Waals surface area contributed by atoms with Crippen LogP contribution in [0.2, 0.25) is 0 Å². The quantitative estimate of drug-likeness (QED) is 0.253. The number of furan rings is 1. The van der Waals surface area contributed by atoms with E-state index in [1.165, 1.54) is 0 Å². The van der Waals surface area contributed by atoms with Gasteiger partial charge in [0.05, 0.1) is 5.52 Å². The van der Waals surface area contributed by atoms with Crippen molar-refractivity contribution in [3.05, 3.63) is 95.1 Å². The zero-order chi connectivity index (χ0) is 23.7. The second kappa shape index (κ2) is 9.55. The number of ether oxygens (including phenoxy) is 1. The molecule has 0 bridgehead atoms. The molecule has 0 unspecified atom stereocenters. The number of para-hydroxylation sites is 1. The molecule has 5 rings (SSSR count). The van der Waals surface area contributed by atoms with E-state index < -0.39 is 8.38 Å². The molecule has 0 atom stereocenters. The first kappa shape index (κ1) is 22.5. The first-order chi connectivity index (χ1) is 16.5. The van der Waals surface area contributed by atoms with Crippen molar-refractivity contribution in [3.8, 4) is 17.2 Å². The molecule has 0 amide bonds. The summed E-state index contributed by atoms with van der Waals surface area (Å²) in [5.74, 6) is 1.38. The minimum Gasteiger partial charge on any atom is -0.488 e. The van der Waals surface area contributed by atoms with Gasteiger partial charge in [0, 0.05) is 22.5 Å². The maximum atomic E-state index is 9.96. The van der Waals surface area contributed by atoms with Gasteiger partial charge in [-0.25, -0.2) is 4.98 Å². The summed E-state index contributed by atoms with van der Waals surface area (Å²) in [6, 6.07) is 23.8. The third-order valence-corrected chi connectivity index (χ3v) is 6.72. The minimum atomic E-state index is -2.15. The predicted octanol–water partition coefficient (Wildman–Crippen LogP) is 6.89. The highest BCUT2D eigenvalue weighted by atomic mass is 31.2. The average molecular weight is 471 g/mol. The Bertz CT molecular complexity index is 1460. The van der Waals surface area contributed by atoms with Crippen molar-refractivity contribution in [2.45, 2.75) is 33.0 Å². The Labute approximate surface area is 199 Å². The molecule has 2 aromatic heterocycles. The molecule has 0 aliphatic rings. The summed E-state index contributed by atoms with van der Waals surface area (Å²) in [5, 5.41) is 1.87. The summed E-state index contributed by atoms with van der Waals surface area (Å²) in [5.41, 5.74) is 6.22. The van der Waals surface area contributed by atoms with Gasteiger partial charge < -0.3 is 18.9 Å². The summed E-state index contributed by atoms with van der Waals surface area (Å²) < 4.78 is 12.4. The van der Waals surface area contributed by atoms with Crippen LogP contribution >= 0.6 is 8.38 Å². The average Bonchev–Trinajstić information content (AvgIpc) is 3.19. The van der Waals surface area contributed by atoms with E-state index in [-0.39, 0.29) is 6.16 Å². The second-order valence-corrected chi connectivity index (χ2v) is 9.38. The monoisotopic (exact) mass is 471 g/mol. The van der Waals surface area contributed by atoms with Crippen LogP contribution in [0, 0.1) is 6.92 Å². The molecule has 0 saturated heterocycles. The molecule has 172 valence electrons. The molecule has 2 heterocycles. The molecule has 34 heavy (non-hydrogen) atoms. The van der Waals surface area contributed by atoms with E-state index in [0.29, 0.717) is 23.8 Å². The molecule has 3 aromatic carbocycles. The van der Waals surface area contributed by atoms with Gasteiger partial charge in [-0.05, 0) is 48.2 Å². The van der Waals surface area contributed by atoms with E-state index in [0.717, 1.165) is 50.5 Å². The number of hydrogen-bond acceptors (Lipinski definition) is 5. The number of fused-ring (bicyclic) bond motifs is 2. The standard InChI is InChI=1S/C28H26NO4P/c1-3-20-13-14-25(32-16-19-9-5-4-6-10-19)26-21(17-34(30)31)15-23(29-27(20)26)28-18(2)22-11-7-8-12-24(22)33-28/h4-15,30-31H,3,16-17H2,1-2H3. The van der Waals surface area contributed by atoms with Gasteiger partial charge in [-0.3, -0.25) is 0 Å². The molecule has 0 fully saturated rings. The second-order valence-electron chi connectivity index (χ2n) is 8.32. The first-order valence-electron chi connectivity index (χ1n) is 11.3. The molecule has 5 aromatic rings. The van der Waals surface area contributed by atoms with Crippen LogP contribution in [0.25, 0.3) is 33.3 Å². The fourth-order valence-electron chi connectivity index (χ4n) is 4.40. The Kier molecular flexibility index (Phi) is 6.34. The van der Waals surface area contributed by atoms with Gasteiger partial charge in [0.1, 0.15) is 23.6 Å². The molecular formula is C28H26NO4P. The SMILES string of the molecule is CCc1ccc(OCc2ccccc2)c2c(CP(O)O)cc(-c3oc4ccccc4c3C)nc12. The summed E-state index contributed by atoms with van der Waals surface area (Å²) >= 11 is 0. The van der Waals surface area contributed by atoms with Crippen molar-refractivity contribution in [1.29, 1.82) is 0 Å². The number of benzene rings is 3. The molecular weight excluding hydrogens is 445 g/mol. The van der Waals surface area contributed by atoms with Gasteiger partial charge in [-0.1, -0.05) is 61.5 Å². The highest BCUT2D eigenvalue weighted by Gasteiger charge is 2.20. The number of pyridine rings is 1. The summed E-state index contributed by atoms with van der Waals surface area (Å²) in [6.07, 6.45) is 0.910. The topological polar surface area (TPSA) is 75.7 Å². The Morgan fingerprint density at radius 3 is 2.44 bits per heavy atom. The van der Waals surface area contributed by atoms with Crippen LogP contribution in [0.15, 0.2) is 77.2 Å². The highest BCUT2D eigenvalue weighted by Crippen LogP contribution is 2.41. The van der Waals surface area contributed by atoms with Crippen molar-refractivity contribution in [2.75, 3.05) is 0 Å². The number of rotatable bonds is 7. The molecule has 0 spiro atoms. The molecule has 2 N–H and O–H groups in total. The maximum Gasteiger partial charge on any atom is 0.169 e. The Morgan fingerprint density at radius 1 is 0.941 bits per heavy atom. The van der Waals surface area contributed by atoms with Crippen LogP contribution in [0.1, 0.15) is 29.2 Å². The molecule has 0 saturated carbocycles. The van der Waals surface area contributed by atoms with Crippen molar-refractivity contribution < 1.29 is 18.9 Å². The van der Waals surface area contributed by atoms with Crippen LogP contribution in [0.3, 0.4) is 0 Å². The van der Waals surface area contributed by atoms with Gasteiger partial charge in [0.2, 0.25) is 0 Å². The van der Waals surface area contributed by atoms with Crippen molar-refractivity contribution in [1.82, 2.24) is 4.98 Å². The van der Waals surface area contributed by atoms with Crippen molar-refractivity contribution >= 4 is 30.2 Å². The Hall–Kier alpha value is -3.24. The Morgan fingerprint density at radius 2 is 1.71 bits per heavy atom. The fraction of sp³-hybridized carbons (Fsp3) is 0.179. The minimum absolute atomic E-state index is 0.121. The highest BCUT2D eigenvalue weighted by molar-refractivity contribution is 7.44. The number of hydrogen-bond donors (Lipinski definition) is 2.